The zero-order chi connectivity index (χ0) is 16.6. The average molecular weight is 330 g/mol. The van der Waals surface area contributed by atoms with E-state index in [1.807, 2.05) is 0 Å². The molecule has 0 bridgehead atoms. The number of rotatable bonds is 2. The fraction of sp³-hybridized carbons (Fsp3) is 0.353. The van der Waals surface area contributed by atoms with Gasteiger partial charge in [-0.3, -0.25) is 4.79 Å². The summed E-state index contributed by atoms with van der Waals surface area (Å²) in [5.41, 5.74) is 7.28. The highest BCUT2D eigenvalue weighted by atomic mass is 32.1. The van der Waals surface area contributed by atoms with Crippen LogP contribution in [0.4, 0.5) is 4.79 Å². The summed E-state index contributed by atoms with van der Waals surface area (Å²) in [4.78, 5) is 27.8. The highest BCUT2D eigenvalue weighted by Crippen LogP contribution is 2.32. The third-order valence-corrected chi connectivity index (χ3v) is 5.65. The van der Waals surface area contributed by atoms with E-state index in [0.29, 0.717) is 16.9 Å². The van der Waals surface area contributed by atoms with Crippen molar-refractivity contribution in [2.24, 2.45) is 16.6 Å². The number of aliphatic imine (C=N–C) groups is 1. The SMILES string of the molecule is CCC1CCc2c(sc3cc(/C(N)=N/C(=O)O)ccc3c2=O)C1. The molecule has 0 radical (unpaired) electrons. The van der Waals surface area contributed by atoms with E-state index in [9.17, 15) is 9.59 Å². The molecule has 0 spiro atoms. The first-order valence-corrected chi connectivity index (χ1v) is 8.47. The maximum absolute atomic E-state index is 12.7. The van der Waals surface area contributed by atoms with Gasteiger partial charge in [-0.1, -0.05) is 19.4 Å². The van der Waals surface area contributed by atoms with Gasteiger partial charge in [0.25, 0.3) is 0 Å². The second-order valence-corrected chi connectivity index (χ2v) is 6.98. The monoisotopic (exact) mass is 330 g/mol. The average Bonchev–Trinajstić information content (AvgIpc) is 2.53. The molecule has 1 aromatic heterocycles. The van der Waals surface area contributed by atoms with Crippen LogP contribution >= 0.6 is 11.3 Å². The molecule has 0 aliphatic heterocycles. The molecule has 0 saturated heterocycles. The Morgan fingerprint density at radius 1 is 1.48 bits per heavy atom. The lowest BCUT2D eigenvalue weighted by Gasteiger charge is -2.22. The molecule has 23 heavy (non-hydrogen) atoms. The van der Waals surface area contributed by atoms with E-state index in [1.165, 1.54) is 0 Å². The third kappa shape index (κ3) is 2.99. The summed E-state index contributed by atoms with van der Waals surface area (Å²) in [5, 5.41) is 9.38. The van der Waals surface area contributed by atoms with Crippen molar-refractivity contribution in [1.82, 2.24) is 0 Å². The number of benzene rings is 1. The van der Waals surface area contributed by atoms with Crippen molar-refractivity contribution in [2.75, 3.05) is 0 Å². The summed E-state index contributed by atoms with van der Waals surface area (Å²) < 4.78 is 0.839. The van der Waals surface area contributed by atoms with Gasteiger partial charge in [-0.05, 0) is 37.3 Å². The lowest BCUT2D eigenvalue weighted by atomic mass is 9.86. The summed E-state index contributed by atoms with van der Waals surface area (Å²) in [6.07, 6.45) is 2.67. The van der Waals surface area contributed by atoms with E-state index in [4.69, 9.17) is 10.8 Å². The van der Waals surface area contributed by atoms with Gasteiger partial charge in [0.05, 0.1) is 0 Å². The Hall–Kier alpha value is -2.21. The molecule has 1 aliphatic rings. The first-order chi connectivity index (χ1) is 11.0. The van der Waals surface area contributed by atoms with Gasteiger partial charge >= 0.3 is 6.09 Å². The minimum Gasteiger partial charge on any atom is -0.463 e. The number of fused-ring (bicyclic) bond motifs is 2. The molecule has 120 valence electrons. The first-order valence-electron chi connectivity index (χ1n) is 7.65. The normalized spacial score (nSPS) is 18.0. The van der Waals surface area contributed by atoms with Gasteiger partial charge in [0.1, 0.15) is 5.84 Å². The van der Waals surface area contributed by atoms with Gasteiger partial charge in [-0.25, -0.2) is 4.79 Å². The summed E-state index contributed by atoms with van der Waals surface area (Å²) in [5.74, 6) is 0.584. The maximum Gasteiger partial charge on any atom is 0.433 e. The quantitative estimate of drug-likeness (QED) is 0.653. The van der Waals surface area contributed by atoms with Crippen LogP contribution in [0, 0.1) is 5.92 Å². The number of carbonyl (C=O) groups is 1. The Labute approximate surface area is 137 Å². The van der Waals surface area contributed by atoms with Crippen molar-refractivity contribution in [3.05, 3.63) is 44.4 Å². The zero-order valence-corrected chi connectivity index (χ0v) is 13.7. The highest BCUT2D eigenvalue weighted by Gasteiger charge is 2.22. The number of amides is 1. The third-order valence-electron chi connectivity index (χ3n) is 4.44. The van der Waals surface area contributed by atoms with Crippen molar-refractivity contribution in [1.29, 1.82) is 0 Å². The molecule has 5 nitrogen and oxygen atoms in total. The smallest absolute Gasteiger partial charge is 0.433 e. The zero-order valence-electron chi connectivity index (χ0n) is 12.8. The Balaban J connectivity index is 2.13. The maximum atomic E-state index is 12.7. The molecule has 1 unspecified atom stereocenters. The molecular formula is C17H18N2O3S. The fourth-order valence-corrected chi connectivity index (χ4v) is 4.44. The van der Waals surface area contributed by atoms with Crippen molar-refractivity contribution in [3.8, 4) is 0 Å². The van der Waals surface area contributed by atoms with Crippen LogP contribution in [0.3, 0.4) is 0 Å². The molecule has 1 heterocycles. The Morgan fingerprint density at radius 2 is 2.26 bits per heavy atom. The van der Waals surface area contributed by atoms with Crippen LogP contribution < -0.4 is 11.2 Å². The fourth-order valence-electron chi connectivity index (χ4n) is 3.08. The van der Waals surface area contributed by atoms with E-state index in [-0.39, 0.29) is 11.3 Å². The van der Waals surface area contributed by atoms with Crippen molar-refractivity contribution in [2.45, 2.75) is 32.6 Å². The number of hydrogen-bond acceptors (Lipinski definition) is 3. The largest absolute Gasteiger partial charge is 0.463 e. The van der Waals surface area contributed by atoms with Gasteiger partial charge in [0, 0.05) is 26.1 Å². The summed E-state index contributed by atoms with van der Waals surface area (Å²) >= 11 is 1.62. The summed E-state index contributed by atoms with van der Waals surface area (Å²) in [6, 6.07) is 5.14. The summed E-state index contributed by atoms with van der Waals surface area (Å²) in [6.45, 7) is 2.18. The molecule has 1 atom stereocenters. The van der Waals surface area contributed by atoms with Crippen LogP contribution in [0.25, 0.3) is 10.1 Å². The van der Waals surface area contributed by atoms with Crippen LogP contribution in [-0.4, -0.2) is 17.0 Å². The van der Waals surface area contributed by atoms with E-state index < -0.39 is 6.09 Å². The second kappa shape index (κ2) is 6.12. The Kier molecular flexibility index (Phi) is 4.17. The van der Waals surface area contributed by atoms with Crippen molar-refractivity contribution in [3.63, 3.8) is 0 Å². The number of carboxylic acid groups (broad SMARTS) is 1. The number of nitrogens with two attached hydrogens (primary N) is 1. The van der Waals surface area contributed by atoms with E-state index >= 15 is 0 Å². The van der Waals surface area contributed by atoms with Crippen LogP contribution in [0.5, 0.6) is 0 Å². The molecule has 3 N–H and O–H groups in total. The molecule has 0 fully saturated rings. The van der Waals surface area contributed by atoms with Gasteiger partial charge < -0.3 is 10.8 Å². The van der Waals surface area contributed by atoms with Crippen molar-refractivity contribution < 1.29 is 9.90 Å². The Morgan fingerprint density at radius 3 is 2.96 bits per heavy atom. The molecule has 6 heteroatoms. The predicted molar refractivity (Wildman–Crippen MR) is 92.7 cm³/mol. The van der Waals surface area contributed by atoms with Gasteiger partial charge in [-0.2, -0.15) is 4.99 Å². The number of amidine groups is 1. The Bertz CT molecular complexity index is 870. The predicted octanol–water partition coefficient (Wildman–Crippen LogP) is 3.16. The van der Waals surface area contributed by atoms with E-state index in [1.54, 1.807) is 29.5 Å². The lowest BCUT2D eigenvalue weighted by Crippen LogP contribution is -2.21. The van der Waals surface area contributed by atoms with Crippen LogP contribution in [-0.2, 0) is 12.8 Å². The molecule has 3 rings (SSSR count). The minimum atomic E-state index is -1.33. The molecule has 1 aromatic carbocycles. The molecule has 0 saturated carbocycles. The highest BCUT2D eigenvalue weighted by molar-refractivity contribution is 7.18. The molecule has 1 amide bonds. The van der Waals surface area contributed by atoms with Crippen molar-refractivity contribution >= 4 is 33.4 Å². The van der Waals surface area contributed by atoms with E-state index in [0.717, 1.165) is 40.8 Å². The minimum absolute atomic E-state index is 0.0526. The van der Waals surface area contributed by atoms with Crippen LogP contribution in [0.1, 0.15) is 35.8 Å². The number of hydrogen-bond donors (Lipinski definition) is 2. The molecular weight excluding hydrogens is 312 g/mol. The second-order valence-electron chi connectivity index (χ2n) is 5.84. The van der Waals surface area contributed by atoms with Gasteiger partial charge in [0.15, 0.2) is 5.43 Å². The topological polar surface area (TPSA) is 92.8 Å². The lowest BCUT2D eigenvalue weighted by molar-refractivity contribution is 0.205. The van der Waals surface area contributed by atoms with Crippen LogP contribution in [0.2, 0.25) is 0 Å². The first kappa shape index (κ1) is 15.7. The molecule has 2 aromatic rings. The van der Waals surface area contributed by atoms with Gasteiger partial charge in [-0.15, -0.1) is 11.3 Å². The standard InChI is InChI=1S/C17H18N2O3S/c1-2-9-3-5-11-13(7-9)23-14-8-10(16(18)19-17(21)22)4-6-12(14)15(11)20/h4,6,8-9H,2-3,5,7H2,1H3,(H2,18,19)(H,21,22). The van der Waals surface area contributed by atoms with Gasteiger partial charge in [0.2, 0.25) is 0 Å². The van der Waals surface area contributed by atoms with Crippen LogP contribution in [0.15, 0.2) is 28.0 Å². The number of nitrogens with zero attached hydrogens (tertiary/aromatic N) is 1. The summed E-state index contributed by atoms with van der Waals surface area (Å²) in [7, 11) is 0. The van der Waals surface area contributed by atoms with E-state index in [2.05, 4.69) is 11.9 Å². The molecule has 1 aliphatic carbocycles.